The van der Waals surface area contributed by atoms with E-state index in [2.05, 4.69) is 0 Å². The Morgan fingerprint density at radius 2 is 1.52 bits per heavy atom. The molecule has 2 aromatic carbocycles. The zero-order chi connectivity index (χ0) is 24.0. The quantitative estimate of drug-likeness (QED) is 0.442. The fraction of sp³-hybridized carbons (Fsp3) is 0.375. The molecule has 1 fully saturated rings. The molecule has 4 atom stereocenters. The van der Waals surface area contributed by atoms with E-state index in [1.807, 2.05) is 42.5 Å². The van der Waals surface area contributed by atoms with Crippen molar-refractivity contribution in [3.63, 3.8) is 0 Å². The first-order chi connectivity index (χ1) is 15.7. The lowest BCUT2D eigenvalue weighted by atomic mass is 10.0. The third-order valence-corrected chi connectivity index (χ3v) is 5.03. The van der Waals surface area contributed by atoms with E-state index in [9.17, 15) is 14.4 Å². The average Bonchev–Trinajstić information content (AvgIpc) is 2.73. The molecule has 33 heavy (non-hydrogen) atoms. The molecule has 1 aliphatic rings. The summed E-state index contributed by atoms with van der Waals surface area (Å²) in [5.41, 5.74) is 2.05. The van der Waals surface area contributed by atoms with Crippen LogP contribution in [-0.2, 0) is 39.8 Å². The van der Waals surface area contributed by atoms with Crippen molar-refractivity contribution < 1.29 is 38.1 Å². The largest absolute Gasteiger partial charge is 0.461 e. The van der Waals surface area contributed by atoms with Crippen molar-refractivity contribution in [2.45, 2.75) is 51.8 Å². The highest BCUT2D eigenvalue weighted by molar-refractivity contribution is 6.30. The van der Waals surface area contributed by atoms with E-state index in [0.29, 0.717) is 17.2 Å². The Balaban J connectivity index is 1.80. The molecular weight excluding hydrogens is 452 g/mol. The number of carbonyl (C=O) groups excluding carboxylic acids is 3. The summed E-state index contributed by atoms with van der Waals surface area (Å²) in [6.45, 7) is 3.54. The molecule has 2 aromatic rings. The highest BCUT2D eigenvalue weighted by Crippen LogP contribution is 2.27. The fourth-order valence-corrected chi connectivity index (χ4v) is 3.64. The van der Waals surface area contributed by atoms with Gasteiger partial charge in [-0.3, -0.25) is 14.4 Å². The van der Waals surface area contributed by atoms with Crippen molar-refractivity contribution in [1.82, 2.24) is 0 Å². The summed E-state index contributed by atoms with van der Waals surface area (Å²) in [6.07, 6.45) is -3.63. The standard InChI is InChI=1S/C24H25ClO8/c1-14(26)30-21-13-29-24(23(32-16(3)28)22(21)31-15(2)27)33-20-6-4-5-18(12-20)11-17-7-9-19(25)10-8-17/h4-10,12,21-24H,11,13H2,1-3H3/t21-,22+,23-,24+/m1/s1. The van der Waals surface area contributed by atoms with Crippen LogP contribution in [0, 0.1) is 0 Å². The lowest BCUT2D eigenvalue weighted by Gasteiger charge is -2.40. The molecule has 0 amide bonds. The molecule has 3 rings (SSSR count). The molecule has 1 aliphatic heterocycles. The first-order valence-electron chi connectivity index (χ1n) is 10.3. The summed E-state index contributed by atoms with van der Waals surface area (Å²) >= 11 is 5.95. The Bertz CT molecular complexity index is 990. The third kappa shape index (κ3) is 7.20. The van der Waals surface area contributed by atoms with E-state index >= 15 is 0 Å². The fourth-order valence-electron chi connectivity index (χ4n) is 3.51. The highest BCUT2D eigenvalue weighted by atomic mass is 35.5. The van der Waals surface area contributed by atoms with Gasteiger partial charge in [-0.05, 0) is 41.8 Å². The van der Waals surface area contributed by atoms with Crippen molar-refractivity contribution in [1.29, 1.82) is 0 Å². The number of benzene rings is 2. The SMILES string of the molecule is CC(=O)O[C@@H]1[C@@H](OC(C)=O)[C@H](Oc2cccc(Cc3ccc(Cl)cc3)c2)OC[C@H]1OC(C)=O. The van der Waals surface area contributed by atoms with Crippen molar-refractivity contribution in [3.05, 3.63) is 64.7 Å². The van der Waals surface area contributed by atoms with E-state index in [-0.39, 0.29) is 6.61 Å². The molecule has 8 nitrogen and oxygen atoms in total. The summed E-state index contributed by atoms with van der Waals surface area (Å²) < 4.78 is 27.6. The van der Waals surface area contributed by atoms with Crippen molar-refractivity contribution >= 4 is 29.5 Å². The van der Waals surface area contributed by atoms with Gasteiger partial charge in [0.1, 0.15) is 5.75 Å². The Labute approximate surface area is 196 Å². The molecule has 0 spiro atoms. The predicted octanol–water partition coefficient (Wildman–Crippen LogP) is 3.46. The Hall–Kier alpha value is -3.10. The Morgan fingerprint density at radius 3 is 2.15 bits per heavy atom. The van der Waals surface area contributed by atoms with Crippen LogP contribution in [0.1, 0.15) is 31.9 Å². The number of carbonyl (C=O) groups is 3. The maximum Gasteiger partial charge on any atom is 0.303 e. The van der Waals surface area contributed by atoms with E-state index in [0.717, 1.165) is 11.1 Å². The van der Waals surface area contributed by atoms with Crippen LogP contribution < -0.4 is 4.74 Å². The third-order valence-electron chi connectivity index (χ3n) is 4.78. The summed E-state index contributed by atoms with van der Waals surface area (Å²) in [4.78, 5) is 34.9. The van der Waals surface area contributed by atoms with Crippen molar-refractivity contribution in [3.8, 4) is 5.75 Å². The van der Waals surface area contributed by atoms with Crippen molar-refractivity contribution in [2.24, 2.45) is 0 Å². The lowest BCUT2D eigenvalue weighted by Crippen LogP contribution is -2.59. The first-order valence-corrected chi connectivity index (χ1v) is 10.7. The Kier molecular flexibility index (Phi) is 8.30. The van der Waals surface area contributed by atoms with Gasteiger partial charge in [-0.1, -0.05) is 35.9 Å². The number of halogens is 1. The zero-order valence-electron chi connectivity index (χ0n) is 18.5. The van der Waals surface area contributed by atoms with Crippen LogP contribution in [0.4, 0.5) is 0 Å². The van der Waals surface area contributed by atoms with Gasteiger partial charge in [-0.2, -0.15) is 0 Å². The molecule has 0 radical (unpaired) electrons. The molecule has 0 N–H and O–H groups in total. The monoisotopic (exact) mass is 476 g/mol. The smallest absolute Gasteiger partial charge is 0.303 e. The number of hydrogen-bond donors (Lipinski definition) is 0. The molecule has 1 saturated heterocycles. The molecule has 0 saturated carbocycles. The number of ether oxygens (including phenoxy) is 5. The van der Waals surface area contributed by atoms with E-state index in [4.69, 9.17) is 35.3 Å². The van der Waals surface area contributed by atoms with E-state index < -0.39 is 42.5 Å². The second-order valence-corrected chi connectivity index (χ2v) is 8.00. The summed E-state index contributed by atoms with van der Waals surface area (Å²) in [5.74, 6) is -1.37. The lowest BCUT2D eigenvalue weighted by molar-refractivity contribution is -0.259. The zero-order valence-corrected chi connectivity index (χ0v) is 19.2. The number of esters is 3. The topological polar surface area (TPSA) is 97.4 Å². The van der Waals surface area contributed by atoms with Crippen LogP contribution in [0.25, 0.3) is 0 Å². The molecule has 1 heterocycles. The second kappa shape index (κ2) is 11.2. The number of hydrogen-bond acceptors (Lipinski definition) is 8. The molecule has 0 unspecified atom stereocenters. The minimum atomic E-state index is -1.15. The van der Waals surface area contributed by atoms with Crippen LogP contribution >= 0.6 is 11.6 Å². The van der Waals surface area contributed by atoms with Gasteiger partial charge in [0.2, 0.25) is 12.4 Å². The first kappa shape index (κ1) is 24.5. The maximum absolute atomic E-state index is 11.8. The van der Waals surface area contributed by atoms with Crippen LogP contribution in [0.15, 0.2) is 48.5 Å². The van der Waals surface area contributed by atoms with Crippen LogP contribution in [-0.4, -0.2) is 49.1 Å². The molecule has 0 aliphatic carbocycles. The summed E-state index contributed by atoms with van der Waals surface area (Å²) in [6, 6.07) is 14.9. The molecule has 0 aromatic heterocycles. The second-order valence-electron chi connectivity index (χ2n) is 7.57. The van der Waals surface area contributed by atoms with Gasteiger partial charge < -0.3 is 23.7 Å². The van der Waals surface area contributed by atoms with Gasteiger partial charge in [-0.15, -0.1) is 0 Å². The van der Waals surface area contributed by atoms with Gasteiger partial charge in [-0.25, -0.2) is 0 Å². The molecule has 9 heteroatoms. The molecule has 0 bridgehead atoms. The van der Waals surface area contributed by atoms with E-state index in [1.54, 1.807) is 6.07 Å². The van der Waals surface area contributed by atoms with Gasteiger partial charge in [0, 0.05) is 25.8 Å². The molecule has 176 valence electrons. The Morgan fingerprint density at radius 1 is 0.879 bits per heavy atom. The normalized spacial score (nSPS) is 22.2. The van der Waals surface area contributed by atoms with E-state index in [1.165, 1.54) is 20.8 Å². The number of rotatable bonds is 7. The van der Waals surface area contributed by atoms with Gasteiger partial charge in [0.05, 0.1) is 6.61 Å². The van der Waals surface area contributed by atoms with Crippen LogP contribution in [0.3, 0.4) is 0 Å². The minimum Gasteiger partial charge on any atom is -0.461 e. The van der Waals surface area contributed by atoms with Crippen LogP contribution in [0.5, 0.6) is 5.75 Å². The van der Waals surface area contributed by atoms with Gasteiger partial charge in [0.15, 0.2) is 12.2 Å². The van der Waals surface area contributed by atoms with Crippen LogP contribution in [0.2, 0.25) is 5.02 Å². The van der Waals surface area contributed by atoms with Gasteiger partial charge in [0.25, 0.3) is 0 Å². The predicted molar refractivity (Wildman–Crippen MR) is 118 cm³/mol. The maximum atomic E-state index is 11.8. The summed E-state index contributed by atoms with van der Waals surface area (Å²) in [5, 5.41) is 0.663. The molecular formula is C24H25ClO8. The minimum absolute atomic E-state index is 0.107. The van der Waals surface area contributed by atoms with Gasteiger partial charge >= 0.3 is 17.9 Å². The average molecular weight is 477 g/mol. The van der Waals surface area contributed by atoms with Crippen molar-refractivity contribution in [2.75, 3.05) is 6.61 Å². The summed E-state index contributed by atoms with van der Waals surface area (Å²) in [7, 11) is 0. The highest BCUT2D eigenvalue weighted by Gasteiger charge is 2.48.